The number of carbonyl (C=O) groups excluding carboxylic acids is 3. The van der Waals surface area contributed by atoms with Crippen molar-refractivity contribution in [2.24, 2.45) is 0 Å². The van der Waals surface area contributed by atoms with E-state index in [-0.39, 0.29) is 23.3 Å². The lowest BCUT2D eigenvalue weighted by molar-refractivity contribution is -0.120. The second-order valence-corrected chi connectivity index (χ2v) is 11.5. The van der Waals surface area contributed by atoms with Gasteiger partial charge in [0, 0.05) is 17.5 Å². The van der Waals surface area contributed by atoms with Gasteiger partial charge in [0.2, 0.25) is 5.91 Å². The molecule has 1 aromatic heterocycles. The van der Waals surface area contributed by atoms with Gasteiger partial charge >= 0.3 is 0 Å². The number of hydrogen-bond donors (Lipinski definition) is 1. The van der Waals surface area contributed by atoms with Crippen molar-refractivity contribution < 1.29 is 22.8 Å². The van der Waals surface area contributed by atoms with Crippen molar-refractivity contribution in [2.45, 2.75) is 19.4 Å². The molecule has 1 atom stereocenters. The monoisotopic (exact) mass is 528 g/mol. The summed E-state index contributed by atoms with van der Waals surface area (Å²) < 4.78 is 23.9. The van der Waals surface area contributed by atoms with Crippen molar-refractivity contribution in [1.82, 2.24) is 14.9 Å². The fraction of sp³-hybridized carbons (Fsp3) is 0.179. The number of rotatable bonds is 7. The number of para-hydroxylation sites is 2. The van der Waals surface area contributed by atoms with Crippen LogP contribution in [0.5, 0.6) is 0 Å². The van der Waals surface area contributed by atoms with E-state index in [4.69, 9.17) is 0 Å². The zero-order chi connectivity index (χ0) is 27.0. The number of aryl methyl sites for hydroxylation is 1. The first-order chi connectivity index (χ1) is 18.1. The van der Waals surface area contributed by atoms with E-state index in [2.05, 4.69) is 15.3 Å². The maximum Gasteiger partial charge on any atom is 0.262 e. The largest absolute Gasteiger partial charge is 0.324 e. The van der Waals surface area contributed by atoms with Gasteiger partial charge in [0.1, 0.15) is 15.9 Å². The predicted molar refractivity (Wildman–Crippen MR) is 143 cm³/mol. The van der Waals surface area contributed by atoms with Crippen LogP contribution in [0.15, 0.2) is 72.9 Å². The number of sulfone groups is 1. The Kier molecular flexibility index (Phi) is 6.50. The topological polar surface area (TPSA) is 126 Å². The number of anilines is 1. The minimum atomic E-state index is -3.47. The first-order valence-electron chi connectivity index (χ1n) is 11.9. The van der Waals surface area contributed by atoms with Gasteiger partial charge in [0.05, 0.1) is 39.8 Å². The first kappa shape index (κ1) is 25.2. The second-order valence-electron chi connectivity index (χ2n) is 9.22. The number of nitrogens with zero attached hydrogens (tertiary/aromatic N) is 3. The van der Waals surface area contributed by atoms with E-state index in [1.807, 2.05) is 36.4 Å². The van der Waals surface area contributed by atoms with E-state index in [0.717, 1.165) is 27.8 Å². The van der Waals surface area contributed by atoms with Gasteiger partial charge in [-0.3, -0.25) is 24.3 Å². The Hall–Kier alpha value is -4.44. The van der Waals surface area contributed by atoms with Gasteiger partial charge in [0.25, 0.3) is 11.8 Å². The highest BCUT2D eigenvalue weighted by molar-refractivity contribution is 7.90. The number of imide groups is 1. The lowest BCUT2D eigenvalue weighted by Gasteiger charge is -2.25. The van der Waals surface area contributed by atoms with E-state index < -0.39 is 33.6 Å². The Bertz CT molecular complexity index is 1680. The summed E-state index contributed by atoms with van der Waals surface area (Å²) in [5.41, 5.74) is 4.34. The highest BCUT2D eigenvalue weighted by Gasteiger charge is 2.42. The number of aromatic nitrogens is 2. The molecule has 2 heterocycles. The zero-order valence-corrected chi connectivity index (χ0v) is 21.5. The molecule has 0 unspecified atom stereocenters. The zero-order valence-electron chi connectivity index (χ0n) is 20.7. The summed E-state index contributed by atoms with van der Waals surface area (Å²) in [5, 5.41) is 2.81. The maximum absolute atomic E-state index is 13.6. The van der Waals surface area contributed by atoms with Crippen molar-refractivity contribution in [2.75, 3.05) is 17.3 Å². The van der Waals surface area contributed by atoms with E-state index in [1.165, 1.54) is 12.1 Å². The summed E-state index contributed by atoms with van der Waals surface area (Å²) in [6.45, 7) is 1.80. The average molecular weight is 529 g/mol. The van der Waals surface area contributed by atoms with Crippen LogP contribution in [0.3, 0.4) is 0 Å². The summed E-state index contributed by atoms with van der Waals surface area (Å²) in [4.78, 5) is 49.7. The molecule has 1 N–H and O–H groups in total. The minimum Gasteiger partial charge on any atom is -0.324 e. The number of nitrogens with one attached hydrogen (secondary N) is 1. The molecule has 192 valence electrons. The minimum absolute atomic E-state index is 0.183. The van der Waals surface area contributed by atoms with Crippen molar-refractivity contribution in [3.8, 4) is 11.3 Å². The van der Waals surface area contributed by atoms with Crippen LogP contribution in [-0.2, 0) is 14.6 Å². The lowest BCUT2D eigenvalue weighted by atomic mass is 10.1. The van der Waals surface area contributed by atoms with Crippen LogP contribution in [0, 0.1) is 6.92 Å². The number of fused-ring (bicyclic) bond motifs is 2. The quantitative estimate of drug-likeness (QED) is 0.363. The SMILES string of the molecule is Cc1ccc(-c2cnc3ccccc3n2)cc1NC(=O)[C@@H](CCS(C)(=O)=O)N1C(=O)c2ccccc2C1=O. The molecule has 38 heavy (non-hydrogen) atoms. The standard InChI is InChI=1S/C28H24N4O5S/c1-17-11-12-18(24-16-29-21-9-5-6-10-22(21)30-24)15-23(17)31-26(33)25(13-14-38(2,36)37)32-27(34)19-7-3-4-8-20(19)28(32)35/h3-12,15-16,25H,13-14H2,1-2H3,(H,31,33)/t25-/m1/s1. The lowest BCUT2D eigenvalue weighted by Crippen LogP contribution is -2.48. The highest BCUT2D eigenvalue weighted by atomic mass is 32.2. The Morgan fingerprint density at radius 3 is 2.24 bits per heavy atom. The van der Waals surface area contributed by atoms with Crippen molar-refractivity contribution in [1.29, 1.82) is 0 Å². The average Bonchev–Trinajstić information content (AvgIpc) is 3.14. The molecule has 0 saturated carbocycles. The second kappa shape index (κ2) is 9.79. The van der Waals surface area contributed by atoms with Crippen molar-refractivity contribution in [3.05, 3.63) is 89.6 Å². The van der Waals surface area contributed by atoms with E-state index in [0.29, 0.717) is 16.9 Å². The summed E-state index contributed by atoms with van der Waals surface area (Å²) in [5.74, 6) is -2.29. The van der Waals surface area contributed by atoms with E-state index in [1.54, 1.807) is 31.3 Å². The van der Waals surface area contributed by atoms with Gasteiger partial charge in [-0.25, -0.2) is 13.4 Å². The highest BCUT2D eigenvalue weighted by Crippen LogP contribution is 2.29. The van der Waals surface area contributed by atoms with Gasteiger partial charge in [0.15, 0.2) is 0 Å². The molecule has 5 rings (SSSR count). The summed E-state index contributed by atoms with van der Waals surface area (Å²) in [7, 11) is -3.47. The fourth-order valence-corrected chi connectivity index (χ4v) is 5.07. The molecular weight excluding hydrogens is 504 g/mol. The Balaban J connectivity index is 1.47. The number of benzene rings is 3. The summed E-state index contributed by atoms with van der Waals surface area (Å²) in [6.07, 6.45) is 2.46. The third-order valence-electron chi connectivity index (χ3n) is 6.44. The van der Waals surface area contributed by atoms with Gasteiger partial charge < -0.3 is 5.32 Å². The summed E-state index contributed by atoms with van der Waals surface area (Å²) in [6, 6.07) is 17.8. The van der Waals surface area contributed by atoms with Crippen LogP contribution in [0.2, 0.25) is 0 Å². The Morgan fingerprint density at radius 1 is 0.947 bits per heavy atom. The Morgan fingerprint density at radius 2 is 1.58 bits per heavy atom. The van der Waals surface area contributed by atoms with Crippen LogP contribution in [-0.4, -0.2) is 59.1 Å². The third kappa shape index (κ3) is 4.90. The van der Waals surface area contributed by atoms with Crippen LogP contribution in [0.1, 0.15) is 32.7 Å². The molecule has 0 fully saturated rings. The number of amides is 3. The molecule has 0 saturated heterocycles. The van der Waals surface area contributed by atoms with Crippen LogP contribution in [0.4, 0.5) is 5.69 Å². The van der Waals surface area contributed by atoms with Gasteiger partial charge in [-0.05, 0) is 49.2 Å². The molecule has 3 amide bonds. The molecule has 1 aliphatic heterocycles. The fourth-order valence-electron chi connectivity index (χ4n) is 4.42. The maximum atomic E-state index is 13.6. The number of hydrogen-bond acceptors (Lipinski definition) is 7. The van der Waals surface area contributed by atoms with Gasteiger partial charge in [-0.2, -0.15) is 0 Å². The van der Waals surface area contributed by atoms with Crippen molar-refractivity contribution >= 4 is 44.3 Å². The van der Waals surface area contributed by atoms with Crippen LogP contribution < -0.4 is 5.32 Å². The molecular formula is C28H24N4O5S. The molecule has 3 aromatic carbocycles. The molecule has 4 aromatic rings. The van der Waals surface area contributed by atoms with Crippen molar-refractivity contribution in [3.63, 3.8) is 0 Å². The normalized spacial score (nSPS) is 14.0. The first-order valence-corrected chi connectivity index (χ1v) is 14.0. The van der Waals surface area contributed by atoms with Crippen LogP contribution >= 0.6 is 0 Å². The smallest absolute Gasteiger partial charge is 0.262 e. The molecule has 9 nitrogen and oxygen atoms in total. The molecule has 0 spiro atoms. The number of carbonyl (C=O) groups is 3. The van der Waals surface area contributed by atoms with Crippen LogP contribution in [0.25, 0.3) is 22.3 Å². The predicted octanol–water partition coefficient (Wildman–Crippen LogP) is 3.64. The molecule has 0 bridgehead atoms. The van der Waals surface area contributed by atoms with Gasteiger partial charge in [-0.15, -0.1) is 0 Å². The van der Waals surface area contributed by atoms with Gasteiger partial charge in [-0.1, -0.05) is 36.4 Å². The molecule has 1 aliphatic rings. The molecule has 0 radical (unpaired) electrons. The summed E-state index contributed by atoms with van der Waals surface area (Å²) >= 11 is 0. The van der Waals surface area contributed by atoms with E-state index >= 15 is 0 Å². The third-order valence-corrected chi connectivity index (χ3v) is 7.42. The Labute approximate surface area is 219 Å². The molecule has 10 heteroatoms. The van der Waals surface area contributed by atoms with E-state index in [9.17, 15) is 22.8 Å². The molecule has 0 aliphatic carbocycles.